The molecule has 1 aliphatic carbocycles. The number of rotatable bonds is 5. The van der Waals surface area contributed by atoms with E-state index in [-0.39, 0.29) is 11.9 Å². The zero-order valence-corrected chi connectivity index (χ0v) is 13.7. The summed E-state index contributed by atoms with van der Waals surface area (Å²) in [6, 6.07) is 8.56. The number of aromatic nitrogens is 1. The molecule has 1 N–H and O–H groups in total. The highest BCUT2D eigenvalue weighted by molar-refractivity contribution is 7.09. The number of amides is 1. The van der Waals surface area contributed by atoms with E-state index < -0.39 is 0 Å². The van der Waals surface area contributed by atoms with E-state index in [2.05, 4.69) is 41.5 Å². The van der Waals surface area contributed by atoms with Crippen LogP contribution in [0.15, 0.2) is 35.7 Å². The van der Waals surface area contributed by atoms with Gasteiger partial charge in [-0.05, 0) is 44.2 Å². The maximum Gasteiger partial charge on any atom is 0.244 e. The van der Waals surface area contributed by atoms with Crippen LogP contribution >= 0.6 is 11.3 Å². The lowest BCUT2D eigenvalue weighted by atomic mass is 10.0. The molecule has 1 aliphatic rings. The molecule has 3 rings (SSSR count). The second-order valence-electron chi connectivity index (χ2n) is 5.86. The average Bonchev–Trinajstić information content (AvgIpc) is 3.26. The average molecular weight is 312 g/mol. The molecule has 0 aliphatic heterocycles. The molecule has 0 bridgehead atoms. The molecule has 1 fully saturated rings. The number of nitrogens with one attached hydrogen (secondary N) is 1. The van der Waals surface area contributed by atoms with Gasteiger partial charge in [-0.1, -0.05) is 29.8 Å². The minimum atomic E-state index is -0.0527. The fourth-order valence-electron chi connectivity index (χ4n) is 2.50. The van der Waals surface area contributed by atoms with Crippen LogP contribution in [0.2, 0.25) is 0 Å². The largest absolute Gasteiger partial charge is 0.345 e. The van der Waals surface area contributed by atoms with E-state index in [1.165, 1.54) is 24.0 Å². The van der Waals surface area contributed by atoms with Crippen molar-refractivity contribution in [3.05, 3.63) is 57.6 Å². The normalized spacial score (nSPS) is 15.9. The number of benzene rings is 1. The highest BCUT2D eigenvalue weighted by Crippen LogP contribution is 2.41. The van der Waals surface area contributed by atoms with E-state index in [0.717, 1.165) is 10.7 Å². The molecule has 114 valence electrons. The van der Waals surface area contributed by atoms with Crippen molar-refractivity contribution in [1.82, 2.24) is 10.3 Å². The maximum atomic E-state index is 12.2. The second kappa shape index (κ2) is 6.44. The Morgan fingerprint density at radius 3 is 2.64 bits per heavy atom. The lowest BCUT2D eigenvalue weighted by molar-refractivity contribution is -0.117. The first-order chi connectivity index (χ1) is 10.6. The van der Waals surface area contributed by atoms with E-state index in [1.807, 2.05) is 12.3 Å². The fourth-order valence-corrected chi connectivity index (χ4v) is 3.08. The second-order valence-corrected chi connectivity index (χ2v) is 6.92. The molecule has 0 saturated heterocycles. The van der Waals surface area contributed by atoms with Crippen LogP contribution < -0.4 is 5.32 Å². The van der Waals surface area contributed by atoms with Crippen molar-refractivity contribution >= 4 is 23.3 Å². The van der Waals surface area contributed by atoms with Crippen LogP contribution in [0.4, 0.5) is 0 Å². The highest BCUT2D eigenvalue weighted by atomic mass is 32.1. The third-order valence-electron chi connectivity index (χ3n) is 3.87. The number of carbonyl (C=O) groups excluding carboxylic acids is 1. The molecule has 1 heterocycles. The van der Waals surface area contributed by atoms with Gasteiger partial charge in [0.15, 0.2) is 0 Å². The Hall–Kier alpha value is -1.94. The van der Waals surface area contributed by atoms with E-state index in [0.29, 0.717) is 5.92 Å². The number of hydrogen-bond donors (Lipinski definition) is 1. The van der Waals surface area contributed by atoms with E-state index in [1.54, 1.807) is 23.5 Å². The predicted octanol–water partition coefficient (Wildman–Crippen LogP) is 4.04. The Morgan fingerprint density at radius 2 is 2.05 bits per heavy atom. The monoisotopic (exact) mass is 312 g/mol. The Bertz CT molecular complexity index is 683. The number of hydrogen-bond acceptors (Lipinski definition) is 3. The predicted molar refractivity (Wildman–Crippen MR) is 90.7 cm³/mol. The van der Waals surface area contributed by atoms with Crippen LogP contribution in [0.5, 0.6) is 0 Å². The molecule has 0 spiro atoms. The lowest BCUT2D eigenvalue weighted by Crippen LogP contribution is -2.28. The molecule has 2 aromatic rings. The number of nitrogens with zero attached hydrogens (tertiary/aromatic N) is 1. The van der Waals surface area contributed by atoms with Crippen molar-refractivity contribution < 1.29 is 4.79 Å². The van der Waals surface area contributed by atoms with Crippen LogP contribution in [-0.2, 0) is 4.79 Å². The summed E-state index contributed by atoms with van der Waals surface area (Å²) in [4.78, 5) is 16.5. The van der Waals surface area contributed by atoms with Crippen LogP contribution in [0.25, 0.3) is 6.08 Å². The molecule has 22 heavy (non-hydrogen) atoms. The van der Waals surface area contributed by atoms with Gasteiger partial charge in [0.25, 0.3) is 0 Å². The smallest absolute Gasteiger partial charge is 0.244 e. The molecule has 3 nitrogen and oxygen atoms in total. The Kier molecular flexibility index (Phi) is 4.39. The van der Waals surface area contributed by atoms with Crippen molar-refractivity contribution in [3.63, 3.8) is 0 Å². The van der Waals surface area contributed by atoms with E-state index >= 15 is 0 Å². The first-order valence-corrected chi connectivity index (χ1v) is 8.47. The van der Waals surface area contributed by atoms with Gasteiger partial charge in [-0.15, -0.1) is 11.3 Å². The standard InChI is InChI=1S/C18H20N2OS/c1-12-3-5-14(6-4-12)18(15-7-8-15)20-17(21)10-9-16-11-22-13(2)19-16/h3-6,9-11,15,18H,7-8H2,1-2H3,(H,20,21)/b10-9+. The summed E-state index contributed by atoms with van der Waals surface area (Å²) in [7, 11) is 0. The lowest BCUT2D eigenvalue weighted by Gasteiger charge is -2.18. The summed E-state index contributed by atoms with van der Waals surface area (Å²) in [6.45, 7) is 4.04. The van der Waals surface area contributed by atoms with Crippen molar-refractivity contribution in [2.24, 2.45) is 5.92 Å². The zero-order chi connectivity index (χ0) is 15.5. The van der Waals surface area contributed by atoms with Crippen LogP contribution in [0.3, 0.4) is 0 Å². The van der Waals surface area contributed by atoms with Gasteiger partial charge in [0.2, 0.25) is 5.91 Å². The van der Waals surface area contributed by atoms with E-state index in [9.17, 15) is 4.79 Å². The first kappa shape index (κ1) is 15.0. The third-order valence-corrected chi connectivity index (χ3v) is 4.66. The van der Waals surface area contributed by atoms with Gasteiger partial charge in [-0.25, -0.2) is 4.98 Å². The quantitative estimate of drug-likeness (QED) is 0.847. The molecular formula is C18H20N2OS. The zero-order valence-electron chi connectivity index (χ0n) is 12.9. The van der Waals surface area contributed by atoms with Gasteiger partial charge in [0.05, 0.1) is 16.7 Å². The topological polar surface area (TPSA) is 42.0 Å². The van der Waals surface area contributed by atoms with Gasteiger partial charge in [-0.2, -0.15) is 0 Å². The highest BCUT2D eigenvalue weighted by Gasteiger charge is 2.32. The summed E-state index contributed by atoms with van der Waals surface area (Å²) >= 11 is 1.59. The summed E-state index contributed by atoms with van der Waals surface area (Å²) in [5.74, 6) is 0.518. The molecule has 1 saturated carbocycles. The van der Waals surface area contributed by atoms with Gasteiger partial charge in [-0.3, -0.25) is 4.79 Å². The number of thiazole rings is 1. The van der Waals surface area contributed by atoms with Gasteiger partial charge in [0, 0.05) is 11.5 Å². The Labute approximate surface area is 135 Å². The summed E-state index contributed by atoms with van der Waals surface area (Å²) in [5.41, 5.74) is 3.28. The summed E-state index contributed by atoms with van der Waals surface area (Å²) < 4.78 is 0. The molecular weight excluding hydrogens is 292 g/mol. The maximum absolute atomic E-state index is 12.2. The number of aryl methyl sites for hydroxylation is 2. The van der Waals surface area contributed by atoms with E-state index in [4.69, 9.17) is 0 Å². The van der Waals surface area contributed by atoms with Crippen LogP contribution in [0, 0.1) is 19.8 Å². The molecule has 1 atom stereocenters. The molecule has 1 amide bonds. The fraction of sp³-hybridized carbons (Fsp3) is 0.333. The molecule has 1 aromatic carbocycles. The van der Waals surface area contributed by atoms with Crippen LogP contribution in [0.1, 0.15) is 40.7 Å². The Morgan fingerprint density at radius 1 is 1.32 bits per heavy atom. The molecule has 0 radical (unpaired) electrons. The van der Waals surface area contributed by atoms with Crippen molar-refractivity contribution in [2.75, 3.05) is 0 Å². The molecule has 1 aromatic heterocycles. The van der Waals surface area contributed by atoms with Crippen molar-refractivity contribution in [2.45, 2.75) is 32.7 Å². The van der Waals surface area contributed by atoms with Gasteiger partial charge < -0.3 is 5.32 Å². The molecule has 1 unspecified atom stereocenters. The number of carbonyl (C=O) groups is 1. The summed E-state index contributed by atoms with van der Waals surface area (Å²) in [5, 5.41) is 6.11. The van der Waals surface area contributed by atoms with Gasteiger partial charge in [0.1, 0.15) is 0 Å². The minimum Gasteiger partial charge on any atom is -0.345 e. The Balaban J connectivity index is 1.67. The molecule has 4 heteroatoms. The third kappa shape index (κ3) is 3.83. The van der Waals surface area contributed by atoms with Crippen molar-refractivity contribution in [3.8, 4) is 0 Å². The van der Waals surface area contributed by atoms with Crippen molar-refractivity contribution in [1.29, 1.82) is 0 Å². The first-order valence-electron chi connectivity index (χ1n) is 7.59. The van der Waals surface area contributed by atoms with Crippen LogP contribution in [-0.4, -0.2) is 10.9 Å². The van der Waals surface area contributed by atoms with Gasteiger partial charge >= 0.3 is 0 Å². The summed E-state index contributed by atoms with van der Waals surface area (Å²) in [6.07, 6.45) is 5.73. The SMILES string of the molecule is Cc1ccc(C(NC(=O)/C=C/c2csc(C)n2)C2CC2)cc1. The minimum absolute atomic E-state index is 0.0527.